The van der Waals surface area contributed by atoms with E-state index in [9.17, 15) is 9.59 Å². The molecule has 0 amide bonds. The van der Waals surface area contributed by atoms with Gasteiger partial charge < -0.3 is 19.5 Å². The molecule has 0 saturated carbocycles. The third-order valence-corrected chi connectivity index (χ3v) is 5.15. The third-order valence-electron chi connectivity index (χ3n) is 5.15. The Morgan fingerprint density at radius 3 is 2.79 bits per heavy atom. The molecule has 0 radical (unpaired) electrons. The van der Waals surface area contributed by atoms with E-state index < -0.39 is 11.9 Å². The van der Waals surface area contributed by atoms with Crippen LogP contribution in [0.5, 0.6) is 11.5 Å². The third kappa shape index (κ3) is 4.06. The van der Waals surface area contributed by atoms with Crippen molar-refractivity contribution < 1.29 is 23.8 Å². The summed E-state index contributed by atoms with van der Waals surface area (Å²) < 4.78 is 16.5. The zero-order valence-corrected chi connectivity index (χ0v) is 17.2. The Balaban J connectivity index is 2.14. The van der Waals surface area contributed by atoms with Gasteiger partial charge in [-0.2, -0.15) is 0 Å². The Labute approximate surface area is 171 Å². The van der Waals surface area contributed by atoms with Gasteiger partial charge in [-0.1, -0.05) is 18.7 Å². The van der Waals surface area contributed by atoms with Gasteiger partial charge in [-0.05, 0) is 44.4 Å². The van der Waals surface area contributed by atoms with E-state index in [1.807, 2.05) is 32.0 Å². The highest BCUT2D eigenvalue weighted by atomic mass is 16.5. The topological polar surface area (TPSA) is 73.9 Å². The fraction of sp³-hybridized carbons (Fsp3) is 0.391. The minimum Gasteiger partial charge on any atom is -0.493 e. The van der Waals surface area contributed by atoms with E-state index >= 15 is 0 Å². The molecule has 6 heteroatoms. The molecule has 6 nitrogen and oxygen atoms in total. The molecule has 1 heterocycles. The van der Waals surface area contributed by atoms with Gasteiger partial charge >= 0.3 is 5.97 Å². The first-order valence-corrected chi connectivity index (χ1v) is 9.84. The molecule has 0 fully saturated rings. The molecule has 1 N–H and O–H groups in total. The Bertz CT molecular complexity index is 897. The molecule has 2 aliphatic rings. The molecule has 1 aromatic rings. The van der Waals surface area contributed by atoms with Crippen LogP contribution in [0, 0.1) is 0 Å². The maximum absolute atomic E-state index is 12.9. The van der Waals surface area contributed by atoms with Gasteiger partial charge in [0.1, 0.15) is 6.61 Å². The molecule has 154 valence electrons. The minimum absolute atomic E-state index is 0.0538. The van der Waals surface area contributed by atoms with Gasteiger partial charge in [0.2, 0.25) is 0 Å². The number of carbonyl (C=O) groups is 2. The zero-order valence-electron chi connectivity index (χ0n) is 17.2. The summed E-state index contributed by atoms with van der Waals surface area (Å²) >= 11 is 0. The lowest BCUT2D eigenvalue weighted by molar-refractivity contribution is -0.138. The number of ether oxygens (including phenoxy) is 3. The van der Waals surface area contributed by atoms with E-state index in [-0.39, 0.29) is 12.4 Å². The number of carbonyl (C=O) groups excluding carboxylic acids is 2. The summed E-state index contributed by atoms with van der Waals surface area (Å²) in [5, 5.41) is 3.27. The number of allylic oxidation sites excluding steroid dienone is 3. The fourth-order valence-corrected chi connectivity index (χ4v) is 3.94. The summed E-state index contributed by atoms with van der Waals surface area (Å²) in [5.74, 6) is 0.259. The smallest absolute Gasteiger partial charge is 0.337 e. The van der Waals surface area contributed by atoms with Gasteiger partial charge in [0.05, 0.1) is 19.3 Å². The maximum atomic E-state index is 12.9. The van der Waals surface area contributed by atoms with Crippen LogP contribution in [0.3, 0.4) is 0 Å². The first-order valence-electron chi connectivity index (χ1n) is 9.84. The van der Waals surface area contributed by atoms with E-state index in [0.717, 1.165) is 24.1 Å². The van der Waals surface area contributed by atoms with Crippen molar-refractivity contribution in [3.63, 3.8) is 0 Å². The quantitative estimate of drug-likeness (QED) is 0.557. The fourth-order valence-electron chi connectivity index (χ4n) is 3.94. The SMILES string of the molecule is C=CCOC(=O)C1=C(C)NC2=C(C(=O)CCC2)C1c1ccc(OCC)c(OC)c1. The minimum atomic E-state index is -0.513. The van der Waals surface area contributed by atoms with Gasteiger partial charge in [-0.3, -0.25) is 4.79 Å². The summed E-state index contributed by atoms with van der Waals surface area (Å²) in [7, 11) is 1.57. The van der Waals surface area contributed by atoms with Gasteiger partial charge in [0.15, 0.2) is 17.3 Å². The monoisotopic (exact) mass is 397 g/mol. The molecule has 0 bridgehead atoms. The first kappa shape index (κ1) is 20.7. The average molecular weight is 397 g/mol. The number of hydrogen-bond acceptors (Lipinski definition) is 6. The van der Waals surface area contributed by atoms with E-state index in [2.05, 4.69) is 11.9 Å². The number of rotatable bonds is 7. The number of esters is 1. The molecule has 0 spiro atoms. The summed E-state index contributed by atoms with van der Waals surface area (Å²) in [4.78, 5) is 25.8. The molecule has 1 aromatic carbocycles. The Morgan fingerprint density at radius 2 is 2.10 bits per heavy atom. The van der Waals surface area contributed by atoms with Crippen molar-refractivity contribution in [3.05, 3.63) is 59.0 Å². The summed E-state index contributed by atoms with van der Waals surface area (Å²) in [6.45, 7) is 7.95. The van der Waals surface area contributed by atoms with Crippen LogP contribution >= 0.6 is 0 Å². The molecule has 1 unspecified atom stereocenters. The van der Waals surface area contributed by atoms with Crippen LogP contribution in [0.2, 0.25) is 0 Å². The van der Waals surface area contributed by atoms with Crippen LogP contribution < -0.4 is 14.8 Å². The lowest BCUT2D eigenvalue weighted by atomic mass is 9.75. The lowest BCUT2D eigenvalue weighted by Crippen LogP contribution is -2.34. The lowest BCUT2D eigenvalue weighted by Gasteiger charge is -2.34. The van der Waals surface area contributed by atoms with Crippen LogP contribution in [0.25, 0.3) is 0 Å². The summed E-state index contributed by atoms with van der Waals surface area (Å²) in [5.41, 5.74) is 3.45. The van der Waals surface area contributed by atoms with Gasteiger partial charge in [0, 0.05) is 29.3 Å². The normalized spacial score (nSPS) is 18.7. The Kier molecular flexibility index (Phi) is 6.42. The number of benzene rings is 1. The maximum Gasteiger partial charge on any atom is 0.337 e. The van der Waals surface area contributed by atoms with Crippen LogP contribution in [-0.2, 0) is 14.3 Å². The van der Waals surface area contributed by atoms with Crippen LogP contribution in [-0.4, -0.2) is 32.1 Å². The molecule has 3 rings (SSSR count). The number of dihydropyridines is 1. The highest BCUT2D eigenvalue weighted by Crippen LogP contribution is 2.44. The van der Waals surface area contributed by atoms with Gasteiger partial charge in [-0.15, -0.1) is 0 Å². The molecule has 1 aliphatic carbocycles. The Hall–Kier alpha value is -3.02. The van der Waals surface area contributed by atoms with E-state index in [1.165, 1.54) is 6.08 Å². The van der Waals surface area contributed by atoms with Crippen LogP contribution in [0.1, 0.15) is 44.6 Å². The standard InChI is InChI=1S/C23H27NO5/c1-5-12-29-23(26)20-14(3)24-16-8-7-9-17(25)22(16)21(20)15-10-11-18(28-6-2)19(13-15)27-4/h5,10-11,13,21,24H,1,6-9,12H2,2-4H3. The van der Waals surface area contributed by atoms with Crippen LogP contribution in [0.15, 0.2) is 53.4 Å². The molecule has 1 atom stereocenters. The highest BCUT2D eigenvalue weighted by Gasteiger charge is 2.39. The number of hydrogen-bond donors (Lipinski definition) is 1. The van der Waals surface area contributed by atoms with Crippen molar-refractivity contribution in [2.45, 2.75) is 39.0 Å². The number of methoxy groups -OCH3 is 1. The first-order chi connectivity index (χ1) is 14.0. The van der Waals surface area contributed by atoms with Gasteiger partial charge in [-0.25, -0.2) is 4.79 Å². The second-order valence-electron chi connectivity index (χ2n) is 7.00. The van der Waals surface area contributed by atoms with Crippen molar-refractivity contribution in [3.8, 4) is 11.5 Å². The van der Waals surface area contributed by atoms with Crippen molar-refractivity contribution in [1.82, 2.24) is 5.32 Å². The molecular weight excluding hydrogens is 370 g/mol. The van der Waals surface area contributed by atoms with E-state index in [4.69, 9.17) is 14.2 Å². The van der Waals surface area contributed by atoms with Gasteiger partial charge in [0.25, 0.3) is 0 Å². The van der Waals surface area contributed by atoms with Crippen molar-refractivity contribution in [1.29, 1.82) is 0 Å². The zero-order chi connectivity index (χ0) is 21.0. The highest BCUT2D eigenvalue weighted by molar-refractivity contribution is 6.03. The second kappa shape index (κ2) is 8.99. The molecule has 0 aromatic heterocycles. The Morgan fingerprint density at radius 1 is 1.31 bits per heavy atom. The van der Waals surface area contributed by atoms with Crippen molar-refractivity contribution in [2.75, 3.05) is 20.3 Å². The molecule has 0 saturated heterocycles. The molecule has 29 heavy (non-hydrogen) atoms. The van der Waals surface area contributed by atoms with Crippen molar-refractivity contribution >= 4 is 11.8 Å². The van der Waals surface area contributed by atoms with E-state index in [1.54, 1.807) is 7.11 Å². The summed E-state index contributed by atoms with van der Waals surface area (Å²) in [6.07, 6.45) is 3.57. The summed E-state index contributed by atoms with van der Waals surface area (Å²) in [6, 6.07) is 5.53. The largest absolute Gasteiger partial charge is 0.493 e. The second-order valence-corrected chi connectivity index (χ2v) is 7.00. The number of nitrogens with one attached hydrogen (secondary N) is 1. The van der Waals surface area contributed by atoms with Crippen LogP contribution in [0.4, 0.5) is 0 Å². The number of Topliss-reactive ketones (excluding diaryl/α,β-unsaturated/α-hetero) is 1. The molecule has 1 aliphatic heterocycles. The number of ketones is 1. The average Bonchev–Trinajstić information content (AvgIpc) is 2.71. The predicted molar refractivity (Wildman–Crippen MR) is 110 cm³/mol. The van der Waals surface area contributed by atoms with Crippen molar-refractivity contribution in [2.24, 2.45) is 0 Å². The predicted octanol–water partition coefficient (Wildman–Crippen LogP) is 3.79. The molecular formula is C23H27NO5. The van der Waals surface area contributed by atoms with E-state index in [0.29, 0.717) is 41.4 Å².